The molecule has 2 heterocycles. The van der Waals surface area contributed by atoms with Gasteiger partial charge in [0, 0.05) is 17.3 Å². The number of aromatic nitrogens is 1. The standard InChI is InChI=1S/C15H10FN3O/c1-8-14-10(3-2-4-18-14)11-6-12(16)9(7-17)5-13(11)19-15(8)20/h2-6,8H,1H3,(H,19,20). The second-order valence-corrected chi connectivity index (χ2v) is 4.64. The molecule has 0 spiro atoms. The maximum atomic E-state index is 13.8. The zero-order chi connectivity index (χ0) is 14.3. The maximum absolute atomic E-state index is 13.8. The molecule has 2 aromatic rings. The van der Waals surface area contributed by atoms with Crippen LogP contribution in [0.25, 0.3) is 11.1 Å². The Kier molecular flexibility index (Phi) is 2.72. The van der Waals surface area contributed by atoms with Crippen molar-refractivity contribution in [1.82, 2.24) is 4.98 Å². The number of carbonyl (C=O) groups excluding carboxylic acids is 1. The van der Waals surface area contributed by atoms with Crippen molar-refractivity contribution < 1.29 is 9.18 Å². The minimum Gasteiger partial charge on any atom is -0.325 e. The van der Waals surface area contributed by atoms with Gasteiger partial charge in [-0.15, -0.1) is 0 Å². The minimum absolute atomic E-state index is 0.0935. The molecule has 1 unspecified atom stereocenters. The molecule has 5 heteroatoms. The second-order valence-electron chi connectivity index (χ2n) is 4.64. The van der Waals surface area contributed by atoms with E-state index in [0.717, 1.165) is 0 Å². The maximum Gasteiger partial charge on any atom is 0.233 e. The van der Waals surface area contributed by atoms with Crippen molar-refractivity contribution in [3.05, 3.63) is 47.5 Å². The average molecular weight is 267 g/mol. The number of amides is 1. The highest BCUT2D eigenvalue weighted by Crippen LogP contribution is 2.38. The van der Waals surface area contributed by atoms with Gasteiger partial charge in [0.1, 0.15) is 11.9 Å². The molecule has 0 saturated carbocycles. The molecule has 98 valence electrons. The van der Waals surface area contributed by atoms with Gasteiger partial charge < -0.3 is 5.32 Å². The van der Waals surface area contributed by atoms with E-state index in [9.17, 15) is 9.18 Å². The molecular formula is C15H10FN3O. The summed E-state index contributed by atoms with van der Waals surface area (Å²) in [6, 6.07) is 7.94. The van der Waals surface area contributed by atoms with Gasteiger partial charge in [0.2, 0.25) is 5.91 Å². The van der Waals surface area contributed by atoms with Crippen molar-refractivity contribution in [2.24, 2.45) is 0 Å². The van der Waals surface area contributed by atoms with Crippen LogP contribution in [0.3, 0.4) is 0 Å². The smallest absolute Gasteiger partial charge is 0.233 e. The fourth-order valence-corrected chi connectivity index (χ4v) is 2.34. The third kappa shape index (κ3) is 1.74. The normalized spacial score (nSPS) is 16.4. The Bertz CT molecular complexity index is 764. The van der Waals surface area contributed by atoms with Crippen LogP contribution in [-0.2, 0) is 4.79 Å². The lowest BCUT2D eigenvalue weighted by molar-refractivity contribution is -0.117. The fourth-order valence-electron chi connectivity index (χ4n) is 2.34. The summed E-state index contributed by atoms with van der Waals surface area (Å²) < 4.78 is 13.8. The number of hydrogen-bond acceptors (Lipinski definition) is 3. The van der Waals surface area contributed by atoms with E-state index in [1.54, 1.807) is 31.3 Å². The molecule has 0 aliphatic carbocycles. The molecule has 3 rings (SSSR count). The van der Waals surface area contributed by atoms with Gasteiger partial charge in [-0.2, -0.15) is 5.26 Å². The molecule has 0 saturated heterocycles. The highest BCUT2D eigenvalue weighted by Gasteiger charge is 2.27. The average Bonchev–Trinajstić information content (AvgIpc) is 2.56. The summed E-state index contributed by atoms with van der Waals surface area (Å²) in [5.41, 5.74) is 2.20. The number of carbonyl (C=O) groups is 1. The summed E-state index contributed by atoms with van der Waals surface area (Å²) in [5, 5.41) is 11.6. The summed E-state index contributed by atoms with van der Waals surface area (Å²) in [5.74, 6) is -1.27. The van der Waals surface area contributed by atoms with Crippen LogP contribution >= 0.6 is 0 Å². The van der Waals surface area contributed by atoms with Gasteiger partial charge in [0.15, 0.2) is 0 Å². The molecule has 0 radical (unpaired) electrons. The van der Waals surface area contributed by atoms with Gasteiger partial charge >= 0.3 is 0 Å². The van der Waals surface area contributed by atoms with Crippen molar-refractivity contribution in [3.8, 4) is 17.2 Å². The van der Waals surface area contributed by atoms with Gasteiger partial charge in [0.25, 0.3) is 0 Å². The van der Waals surface area contributed by atoms with E-state index < -0.39 is 11.7 Å². The van der Waals surface area contributed by atoms with Crippen LogP contribution in [0.4, 0.5) is 10.1 Å². The first-order valence-corrected chi connectivity index (χ1v) is 6.11. The van der Waals surface area contributed by atoms with Gasteiger partial charge in [-0.1, -0.05) is 6.07 Å². The summed E-state index contributed by atoms with van der Waals surface area (Å²) in [6.45, 7) is 1.74. The van der Waals surface area contributed by atoms with Crippen LogP contribution in [0.1, 0.15) is 24.1 Å². The molecule has 1 aromatic heterocycles. The topological polar surface area (TPSA) is 65.8 Å². The van der Waals surface area contributed by atoms with Crippen molar-refractivity contribution in [1.29, 1.82) is 5.26 Å². The number of rotatable bonds is 0. The Morgan fingerprint density at radius 1 is 1.40 bits per heavy atom. The quantitative estimate of drug-likeness (QED) is 0.798. The zero-order valence-electron chi connectivity index (χ0n) is 10.6. The zero-order valence-corrected chi connectivity index (χ0v) is 10.6. The lowest BCUT2D eigenvalue weighted by atomic mass is 9.96. The molecule has 4 nitrogen and oxygen atoms in total. The number of hydrogen-bond donors (Lipinski definition) is 1. The monoisotopic (exact) mass is 267 g/mol. The Morgan fingerprint density at radius 2 is 2.20 bits per heavy atom. The van der Waals surface area contributed by atoms with Crippen LogP contribution < -0.4 is 5.32 Å². The highest BCUT2D eigenvalue weighted by molar-refractivity contribution is 6.03. The third-order valence-electron chi connectivity index (χ3n) is 3.42. The van der Waals surface area contributed by atoms with Crippen LogP contribution in [0.2, 0.25) is 0 Å². The van der Waals surface area contributed by atoms with E-state index >= 15 is 0 Å². The largest absolute Gasteiger partial charge is 0.325 e. The molecule has 1 aliphatic heterocycles. The molecule has 1 amide bonds. The van der Waals surface area contributed by atoms with Crippen LogP contribution in [0, 0.1) is 17.1 Å². The van der Waals surface area contributed by atoms with E-state index in [0.29, 0.717) is 22.5 Å². The highest BCUT2D eigenvalue weighted by atomic mass is 19.1. The van der Waals surface area contributed by atoms with E-state index in [4.69, 9.17) is 5.26 Å². The second kappa shape index (κ2) is 4.42. The lowest BCUT2D eigenvalue weighted by Gasteiger charge is -2.09. The number of pyridine rings is 1. The summed E-state index contributed by atoms with van der Waals surface area (Å²) in [7, 11) is 0. The predicted molar refractivity (Wildman–Crippen MR) is 71.4 cm³/mol. The first kappa shape index (κ1) is 12.3. The van der Waals surface area contributed by atoms with Crippen LogP contribution in [-0.4, -0.2) is 10.9 Å². The number of halogens is 1. The van der Waals surface area contributed by atoms with Crippen molar-refractivity contribution in [2.75, 3.05) is 5.32 Å². The molecular weight excluding hydrogens is 257 g/mol. The first-order chi connectivity index (χ1) is 9.61. The Labute approximate surface area is 114 Å². The van der Waals surface area contributed by atoms with Crippen LogP contribution in [0.15, 0.2) is 30.5 Å². The fraction of sp³-hybridized carbons (Fsp3) is 0.133. The Hall–Kier alpha value is -2.74. The minimum atomic E-state index is -0.607. The number of anilines is 1. The molecule has 0 bridgehead atoms. The number of fused-ring (bicyclic) bond motifs is 3. The number of nitriles is 1. The molecule has 20 heavy (non-hydrogen) atoms. The van der Waals surface area contributed by atoms with E-state index in [1.165, 1.54) is 12.1 Å². The Balaban J connectivity index is 2.34. The number of nitrogens with zero attached hydrogens (tertiary/aromatic N) is 2. The molecule has 1 atom stereocenters. The Morgan fingerprint density at radius 3 is 2.95 bits per heavy atom. The third-order valence-corrected chi connectivity index (χ3v) is 3.42. The van der Waals surface area contributed by atoms with Gasteiger partial charge in [-0.3, -0.25) is 9.78 Å². The van der Waals surface area contributed by atoms with Gasteiger partial charge in [0.05, 0.1) is 22.9 Å². The van der Waals surface area contributed by atoms with Gasteiger partial charge in [-0.05, 0) is 25.1 Å². The number of benzene rings is 1. The first-order valence-electron chi connectivity index (χ1n) is 6.11. The summed E-state index contributed by atoms with van der Waals surface area (Å²) >= 11 is 0. The van der Waals surface area contributed by atoms with Crippen molar-refractivity contribution >= 4 is 11.6 Å². The van der Waals surface area contributed by atoms with Crippen molar-refractivity contribution in [3.63, 3.8) is 0 Å². The molecule has 1 N–H and O–H groups in total. The van der Waals surface area contributed by atoms with E-state index in [2.05, 4.69) is 10.3 Å². The lowest BCUT2D eigenvalue weighted by Crippen LogP contribution is -2.18. The molecule has 1 aromatic carbocycles. The van der Waals surface area contributed by atoms with Crippen LogP contribution in [0.5, 0.6) is 0 Å². The predicted octanol–water partition coefficient (Wildman–Crippen LogP) is 2.81. The summed E-state index contributed by atoms with van der Waals surface area (Å²) in [6.07, 6.45) is 1.60. The SMILES string of the molecule is CC1C(=O)Nc2cc(C#N)c(F)cc2-c2cccnc21. The van der Waals surface area contributed by atoms with Gasteiger partial charge in [-0.25, -0.2) is 4.39 Å². The van der Waals surface area contributed by atoms with E-state index in [-0.39, 0.29) is 11.5 Å². The van der Waals surface area contributed by atoms with E-state index in [1.807, 2.05) is 0 Å². The summed E-state index contributed by atoms with van der Waals surface area (Å²) in [4.78, 5) is 16.3. The number of nitrogens with one attached hydrogen (secondary N) is 1. The molecule has 0 fully saturated rings. The molecule has 1 aliphatic rings. The van der Waals surface area contributed by atoms with Crippen molar-refractivity contribution in [2.45, 2.75) is 12.8 Å².